The minimum atomic E-state index is -3.55. The van der Waals surface area contributed by atoms with Gasteiger partial charge in [-0.05, 0) is 12.1 Å². The van der Waals surface area contributed by atoms with Crippen LogP contribution in [0, 0.1) is 0 Å². The fourth-order valence-electron chi connectivity index (χ4n) is 1.94. The molecule has 0 bridgehead atoms. The Morgan fingerprint density at radius 1 is 1.10 bits per heavy atom. The van der Waals surface area contributed by atoms with E-state index in [0.717, 1.165) is 22.5 Å². The zero-order valence-electron chi connectivity index (χ0n) is 10.8. The fraction of sp³-hybridized carbons (Fsp3) is 0.600. The molecule has 6 nitrogen and oxygen atoms in total. The number of rotatable bonds is 4. The predicted octanol–water partition coefficient (Wildman–Crippen LogP) is 0.753. The van der Waals surface area contributed by atoms with E-state index in [1.807, 2.05) is 0 Å². The predicted molar refractivity (Wildman–Crippen MR) is 79.1 cm³/mol. The van der Waals surface area contributed by atoms with E-state index in [0.29, 0.717) is 0 Å². The van der Waals surface area contributed by atoms with E-state index in [-0.39, 0.29) is 36.3 Å². The second-order valence-electron chi connectivity index (χ2n) is 4.42. The Labute approximate surface area is 128 Å². The van der Waals surface area contributed by atoms with Crippen LogP contribution >= 0.6 is 22.9 Å². The Hall–Kier alpha value is -0.190. The van der Waals surface area contributed by atoms with Gasteiger partial charge in [0.05, 0.1) is 12.1 Å². The molecule has 10 heteroatoms. The quantitative estimate of drug-likeness (QED) is 0.744. The molecule has 0 radical (unpaired) electrons. The van der Waals surface area contributed by atoms with Gasteiger partial charge in [0.15, 0.2) is 0 Å². The number of hydrogen-bond acceptors (Lipinski definition) is 5. The van der Waals surface area contributed by atoms with Crippen molar-refractivity contribution in [2.75, 3.05) is 32.4 Å². The van der Waals surface area contributed by atoms with Crippen LogP contribution in [0.5, 0.6) is 0 Å². The van der Waals surface area contributed by atoms with E-state index >= 15 is 0 Å². The third-order valence-corrected chi connectivity index (χ3v) is 8.23. The molecule has 0 aromatic carbocycles. The Morgan fingerprint density at radius 2 is 1.65 bits per heavy atom. The van der Waals surface area contributed by atoms with Crippen molar-refractivity contribution in [3.63, 3.8) is 0 Å². The molecule has 1 aromatic rings. The number of hydrogen-bond donors (Lipinski definition) is 0. The van der Waals surface area contributed by atoms with Crippen molar-refractivity contribution in [2.45, 2.75) is 10.1 Å². The molecule has 2 rings (SSSR count). The van der Waals surface area contributed by atoms with Crippen LogP contribution in [-0.2, 0) is 25.9 Å². The third kappa shape index (κ3) is 3.34. The van der Waals surface area contributed by atoms with E-state index < -0.39 is 20.0 Å². The smallest absolute Gasteiger partial charge is 0.213 e. The second-order valence-corrected chi connectivity index (χ2v) is 10.0. The highest BCUT2D eigenvalue weighted by molar-refractivity contribution is 7.91. The molecule has 0 unspecified atom stereocenters. The molecule has 0 N–H and O–H groups in total. The Bertz CT molecular complexity index is 675. The first-order chi connectivity index (χ1) is 9.25. The lowest BCUT2D eigenvalue weighted by Gasteiger charge is -2.32. The summed E-state index contributed by atoms with van der Waals surface area (Å²) >= 11 is 6.82. The molecule has 1 aromatic heterocycles. The maximum absolute atomic E-state index is 12.4. The van der Waals surface area contributed by atoms with Gasteiger partial charge >= 0.3 is 0 Å². The van der Waals surface area contributed by atoms with E-state index in [2.05, 4.69) is 0 Å². The van der Waals surface area contributed by atoms with Gasteiger partial charge in [-0.15, -0.1) is 22.9 Å². The summed E-state index contributed by atoms with van der Waals surface area (Å²) in [6, 6.07) is 3.23. The maximum atomic E-state index is 12.4. The summed E-state index contributed by atoms with van der Waals surface area (Å²) in [4.78, 5) is 0.792. The van der Waals surface area contributed by atoms with Gasteiger partial charge in [0.2, 0.25) is 10.0 Å². The van der Waals surface area contributed by atoms with Gasteiger partial charge in [0.1, 0.15) is 4.21 Å². The number of thiophene rings is 1. The third-order valence-electron chi connectivity index (χ3n) is 3.03. The average Bonchev–Trinajstić information content (AvgIpc) is 2.87. The van der Waals surface area contributed by atoms with Crippen molar-refractivity contribution in [1.82, 2.24) is 8.61 Å². The molecule has 1 fully saturated rings. The van der Waals surface area contributed by atoms with Crippen LogP contribution in [0.25, 0.3) is 0 Å². The SMILES string of the molecule is CS(=O)(=O)N1CCN(S(=O)(=O)c2ccc(CCl)s2)CC1. The van der Waals surface area contributed by atoms with Crippen LogP contribution in [0.2, 0.25) is 0 Å². The van der Waals surface area contributed by atoms with Crippen molar-refractivity contribution in [3.05, 3.63) is 17.0 Å². The Balaban J connectivity index is 2.13. The molecule has 1 aliphatic rings. The van der Waals surface area contributed by atoms with Gasteiger partial charge in [0.25, 0.3) is 10.0 Å². The van der Waals surface area contributed by atoms with E-state index in [4.69, 9.17) is 11.6 Å². The number of alkyl halides is 1. The zero-order valence-corrected chi connectivity index (χ0v) is 14.0. The van der Waals surface area contributed by atoms with Crippen LogP contribution < -0.4 is 0 Å². The summed E-state index contributed by atoms with van der Waals surface area (Å²) in [7, 11) is -6.81. The summed E-state index contributed by atoms with van der Waals surface area (Å²) in [5.41, 5.74) is 0. The highest BCUT2D eigenvalue weighted by Gasteiger charge is 2.32. The molecule has 0 amide bonds. The standard InChI is InChI=1S/C10H15ClN2O4S3/c1-19(14,15)12-4-6-13(7-5-12)20(16,17)10-3-2-9(8-11)18-10/h2-3H,4-8H2,1H3. The molecular weight excluding hydrogens is 344 g/mol. The molecular formula is C10H15ClN2O4S3. The molecule has 0 atom stereocenters. The number of halogens is 1. The van der Waals surface area contributed by atoms with Gasteiger partial charge in [-0.1, -0.05) is 0 Å². The van der Waals surface area contributed by atoms with Crippen molar-refractivity contribution in [2.24, 2.45) is 0 Å². The molecule has 1 aliphatic heterocycles. The lowest BCUT2D eigenvalue weighted by molar-refractivity contribution is 0.274. The first kappa shape index (κ1) is 16.2. The fourth-order valence-corrected chi connectivity index (χ4v) is 5.80. The van der Waals surface area contributed by atoms with E-state index in [9.17, 15) is 16.8 Å². The van der Waals surface area contributed by atoms with Gasteiger partial charge in [-0.2, -0.15) is 8.61 Å². The van der Waals surface area contributed by atoms with Crippen molar-refractivity contribution in [1.29, 1.82) is 0 Å². The lowest BCUT2D eigenvalue weighted by atomic mass is 10.4. The summed E-state index contributed by atoms with van der Waals surface area (Å²) < 4.78 is 50.5. The Morgan fingerprint density at radius 3 is 2.10 bits per heavy atom. The van der Waals surface area contributed by atoms with Crippen LogP contribution in [0.3, 0.4) is 0 Å². The van der Waals surface area contributed by atoms with Crippen LogP contribution in [0.1, 0.15) is 4.88 Å². The van der Waals surface area contributed by atoms with Gasteiger partial charge < -0.3 is 0 Å². The summed E-state index contributed by atoms with van der Waals surface area (Å²) in [5, 5.41) is 0. The van der Waals surface area contributed by atoms with E-state index in [1.165, 1.54) is 8.61 Å². The van der Waals surface area contributed by atoms with Gasteiger partial charge in [-0.3, -0.25) is 0 Å². The summed E-state index contributed by atoms with van der Waals surface area (Å²) in [6.45, 7) is 0.713. The maximum Gasteiger partial charge on any atom is 0.252 e. The van der Waals surface area contributed by atoms with E-state index in [1.54, 1.807) is 12.1 Å². The summed E-state index contributed by atoms with van der Waals surface area (Å²) in [6.07, 6.45) is 1.13. The topological polar surface area (TPSA) is 74.8 Å². The van der Waals surface area contributed by atoms with Crippen LogP contribution in [0.15, 0.2) is 16.3 Å². The van der Waals surface area contributed by atoms with Crippen molar-refractivity contribution in [3.8, 4) is 0 Å². The zero-order chi connectivity index (χ0) is 15.0. The number of sulfonamides is 2. The number of nitrogens with zero attached hydrogens (tertiary/aromatic N) is 2. The average molecular weight is 359 g/mol. The summed E-state index contributed by atoms with van der Waals surface area (Å²) in [5.74, 6) is 0.280. The Kier molecular flexibility index (Phi) is 4.77. The largest absolute Gasteiger partial charge is 0.252 e. The second kappa shape index (κ2) is 5.90. The monoisotopic (exact) mass is 358 g/mol. The molecule has 20 heavy (non-hydrogen) atoms. The number of piperazine rings is 1. The minimum Gasteiger partial charge on any atom is -0.213 e. The molecule has 0 spiro atoms. The van der Waals surface area contributed by atoms with Crippen molar-refractivity contribution >= 4 is 43.0 Å². The van der Waals surface area contributed by atoms with Crippen molar-refractivity contribution < 1.29 is 16.8 Å². The first-order valence-corrected chi connectivity index (χ1v) is 10.5. The normalized spacial score (nSPS) is 19.3. The lowest BCUT2D eigenvalue weighted by Crippen LogP contribution is -2.50. The molecule has 114 valence electrons. The molecule has 2 heterocycles. The highest BCUT2D eigenvalue weighted by Crippen LogP contribution is 2.26. The molecule has 0 saturated carbocycles. The molecule has 1 saturated heterocycles. The highest BCUT2D eigenvalue weighted by atomic mass is 35.5. The molecule has 0 aliphatic carbocycles. The van der Waals surface area contributed by atoms with Crippen LogP contribution in [0.4, 0.5) is 0 Å². The van der Waals surface area contributed by atoms with Crippen LogP contribution in [-0.4, -0.2) is 57.9 Å². The minimum absolute atomic E-state index is 0.170. The van der Waals surface area contributed by atoms with Gasteiger partial charge in [0, 0.05) is 31.1 Å². The first-order valence-electron chi connectivity index (χ1n) is 5.85. The van der Waals surface area contributed by atoms with Gasteiger partial charge in [-0.25, -0.2) is 16.8 Å².